The molecule has 2 atom stereocenters. The Balaban J connectivity index is 1.82. The Morgan fingerprint density at radius 1 is 1.38 bits per heavy atom. The van der Waals surface area contributed by atoms with Gasteiger partial charge in [-0.1, -0.05) is 13.8 Å². The first-order valence-corrected chi connectivity index (χ1v) is 9.15. The highest BCUT2D eigenvalue weighted by atomic mass is 32.2. The summed E-state index contributed by atoms with van der Waals surface area (Å²) in [5, 5.41) is 10.0. The fraction of sp³-hybridized carbons (Fsp3) is 0.714. The molecule has 3 rings (SSSR count). The Morgan fingerprint density at radius 3 is 2.76 bits per heavy atom. The van der Waals surface area contributed by atoms with Crippen molar-refractivity contribution < 1.29 is 13.5 Å². The summed E-state index contributed by atoms with van der Waals surface area (Å²) in [5.74, 6) is 1.01. The quantitative estimate of drug-likeness (QED) is 0.835. The lowest BCUT2D eigenvalue weighted by Gasteiger charge is -2.33. The van der Waals surface area contributed by atoms with E-state index in [1.165, 1.54) is 0 Å². The molecule has 1 N–H and O–H groups in total. The molecule has 1 aromatic heterocycles. The summed E-state index contributed by atoms with van der Waals surface area (Å²) in [4.78, 5) is 11.0. The summed E-state index contributed by atoms with van der Waals surface area (Å²) >= 11 is 0. The molecule has 21 heavy (non-hydrogen) atoms. The van der Waals surface area contributed by atoms with Gasteiger partial charge in [-0.2, -0.15) is 0 Å². The Morgan fingerprint density at radius 2 is 2.14 bits per heavy atom. The standard InChI is InChI=1S/C14H21N3O3S/c1-9(2)14-15-5-10-3-4-17(6-11(10)16-14)12-7-21(19,20)8-13(12)18/h5,9,12-13,18H,3-4,6-8H2,1-2H3. The van der Waals surface area contributed by atoms with E-state index in [0.717, 1.165) is 30.0 Å². The van der Waals surface area contributed by atoms with E-state index in [4.69, 9.17) is 0 Å². The van der Waals surface area contributed by atoms with Gasteiger partial charge in [0.1, 0.15) is 5.82 Å². The SMILES string of the molecule is CC(C)c1ncc2c(n1)CN(C1CS(=O)(=O)CC1O)CC2. The molecule has 116 valence electrons. The lowest BCUT2D eigenvalue weighted by atomic mass is 10.0. The summed E-state index contributed by atoms with van der Waals surface area (Å²) in [5.41, 5.74) is 2.10. The van der Waals surface area contributed by atoms with E-state index < -0.39 is 15.9 Å². The van der Waals surface area contributed by atoms with Crippen LogP contribution in [-0.2, 0) is 22.8 Å². The zero-order valence-electron chi connectivity index (χ0n) is 12.4. The molecule has 2 aliphatic heterocycles. The van der Waals surface area contributed by atoms with Crippen molar-refractivity contribution in [1.29, 1.82) is 0 Å². The molecule has 0 amide bonds. The van der Waals surface area contributed by atoms with Gasteiger partial charge in [-0.3, -0.25) is 4.90 Å². The molecule has 0 bridgehead atoms. The van der Waals surface area contributed by atoms with E-state index in [1.807, 2.05) is 6.20 Å². The molecule has 0 spiro atoms. The Labute approximate surface area is 125 Å². The molecule has 0 radical (unpaired) electrons. The van der Waals surface area contributed by atoms with Crippen LogP contribution in [0.1, 0.15) is 36.8 Å². The highest BCUT2D eigenvalue weighted by Crippen LogP contribution is 2.25. The maximum absolute atomic E-state index is 11.7. The molecule has 0 aromatic carbocycles. The number of rotatable bonds is 2. The van der Waals surface area contributed by atoms with Crippen molar-refractivity contribution in [3.8, 4) is 0 Å². The van der Waals surface area contributed by atoms with E-state index in [2.05, 4.69) is 28.7 Å². The van der Waals surface area contributed by atoms with Crippen molar-refractivity contribution >= 4 is 9.84 Å². The molecule has 1 aromatic rings. The maximum atomic E-state index is 11.7. The lowest BCUT2D eigenvalue weighted by Crippen LogP contribution is -2.45. The van der Waals surface area contributed by atoms with Crippen LogP contribution in [0.3, 0.4) is 0 Å². The normalized spacial score (nSPS) is 28.8. The van der Waals surface area contributed by atoms with E-state index in [9.17, 15) is 13.5 Å². The average Bonchev–Trinajstić information content (AvgIpc) is 2.70. The third-order valence-electron chi connectivity index (χ3n) is 4.27. The topological polar surface area (TPSA) is 83.4 Å². The molecular formula is C14H21N3O3S. The van der Waals surface area contributed by atoms with Crippen LogP contribution in [0.2, 0.25) is 0 Å². The highest BCUT2D eigenvalue weighted by molar-refractivity contribution is 7.91. The van der Waals surface area contributed by atoms with Gasteiger partial charge >= 0.3 is 0 Å². The van der Waals surface area contributed by atoms with Crippen molar-refractivity contribution in [3.63, 3.8) is 0 Å². The Hall–Kier alpha value is -1.05. The van der Waals surface area contributed by atoms with Gasteiger partial charge in [-0.15, -0.1) is 0 Å². The molecule has 6 nitrogen and oxygen atoms in total. The number of aromatic nitrogens is 2. The van der Waals surface area contributed by atoms with Crippen LogP contribution in [0.25, 0.3) is 0 Å². The molecule has 3 heterocycles. The number of hydrogen-bond donors (Lipinski definition) is 1. The predicted molar refractivity (Wildman–Crippen MR) is 78.7 cm³/mol. The van der Waals surface area contributed by atoms with Gasteiger partial charge in [-0.05, 0) is 12.0 Å². The van der Waals surface area contributed by atoms with Crippen LogP contribution >= 0.6 is 0 Å². The Bertz CT molecular complexity index is 645. The molecule has 0 saturated carbocycles. The van der Waals surface area contributed by atoms with E-state index in [0.29, 0.717) is 6.54 Å². The van der Waals surface area contributed by atoms with Gasteiger partial charge < -0.3 is 5.11 Å². The van der Waals surface area contributed by atoms with Gasteiger partial charge in [0.15, 0.2) is 9.84 Å². The zero-order valence-corrected chi connectivity index (χ0v) is 13.2. The largest absolute Gasteiger partial charge is 0.390 e. The Kier molecular flexibility index (Phi) is 3.75. The number of fused-ring (bicyclic) bond motifs is 1. The van der Waals surface area contributed by atoms with Crippen LogP contribution in [0, 0.1) is 0 Å². The first kappa shape index (κ1) is 14.9. The molecule has 1 fully saturated rings. The molecular weight excluding hydrogens is 290 g/mol. The van der Waals surface area contributed by atoms with Crippen LogP contribution in [-0.4, -0.2) is 58.6 Å². The summed E-state index contributed by atoms with van der Waals surface area (Å²) in [6, 6.07) is -0.305. The second-order valence-corrected chi connectivity index (χ2v) is 8.44. The monoisotopic (exact) mass is 311 g/mol. The number of sulfone groups is 1. The average molecular weight is 311 g/mol. The van der Waals surface area contributed by atoms with Crippen molar-refractivity contribution in [1.82, 2.24) is 14.9 Å². The summed E-state index contributed by atoms with van der Waals surface area (Å²) < 4.78 is 23.3. The summed E-state index contributed by atoms with van der Waals surface area (Å²) in [6.07, 6.45) is 1.90. The first-order valence-electron chi connectivity index (χ1n) is 7.33. The first-order chi connectivity index (χ1) is 9.85. The summed E-state index contributed by atoms with van der Waals surface area (Å²) in [6.45, 7) is 5.44. The van der Waals surface area contributed by atoms with E-state index in [1.54, 1.807) is 0 Å². The number of nitrogens with zero attached hydrogens (tertiary/aromatic N) is 3. The van der Waals surface area contributed by atoms with Crippen molar-refractivity contribution in [2.45, 2.75) is 44.9 Å². The number of aliphatic hydroxyl groups is 1. The van der Waals surface area contributed by atoms with Gasteiger partial charge in [0, 0.05) is 25.2 Å². The van der Waals surface area contributed by atoms with Crippen LogP contribution < -0.4 is 0 Å². The molecule has 2 unspecified atom stereocenters. The third kappa shape index (κ3) is 2.95. The minimum atomic E-state index is -3.12. The fourth-order valence-electron chi connectivity index (χ4n) is 3.06. The zero-order chi connectivity index (χ0) is 15.2. The number of aliphatic hydroxyl groups excluding tert-OH is 1. The lowest BCUT2D eigenvalue weighted by molar-refractivity contribution is 0.0734. The van der Waals surface area contributed by atoms with Crippen molar-refractivity contribution in [2.24, 2.45) is 0 Å². The van der Waals surface area contributed by atoms with Crippen LogP contribution in [0.15, 0.2) is 6.20 Å². The predicted octanol–water partition coefficient (Wildman–Crippen LogP) is 0.116. The minimum Gasteiger partial charge on any atom is -0.390 e. The van der Waals surface area contributed by atoms with Crippen LogP contribution in [0.5, 0.6) is 0 Å². The maximum Gasteiger partial charge on any atom is 0.154 e. The van der Waals surface area contributed by atoms with Gasteiger partial charge in [0.25, 0.3) is 0 Å². The second kappa shape index (κ2) is 5.30. The number of hydrogen-bond acceptors (Lipinski definition) is 6. The van der Waals surface area contributed by atoms with Gasteiger partial charge in [0.2, 0.25) is 0 Å². The van der Waals surface area contributed by atoms with E-state index in [-0.39, 0.29) is 23.5 Å². The third-order valence-corrected chi connectivity index (χ3v) is 5.97. The van der Waals surface area contributed by atoms with Crippen molar-refractivity contribution in [3.05, 3.63) is 23.3 Å². The van der Waals surface area contributed by atoms with Crippen LogP contribution in [0.4, 0.5) is 0 Å². The minimum absolute atomic E-state index is 0.0472. The smallest absolute Gasteiger partial charge is 0.154 e. The fourth-order valence-corrected chi connectivity index (χ4v) is 4.89. The van der Waals surface area contributed by atoms with Crippen molar-refractivity contribution in [2.75, 3.05) is 18.1 Å². The van der Waals surface area contributed by atoms with Gasteiger partial charge in [0.05, 0.1) is 29.3 Å². The molecule has 1 saturated heterocycles. The highest BCUT2D eigenvalue weighted by Gasteiger charge is 2.40. The molecule has 7 heteroatoms. The second-order valence-electron chi connectivity index (χ2n) is 6.29. The van der Waals surface area contributed by atoms with Gasteiger partial charge in [-0.25, -0.2) is 18.4 Å². The summed E-state index contributed by atoms with van der Waals surface area (Å²) in [7, 11) is -3.12. The molecule has 2 aliphatic rings. The molecule has 0 aliphatic carbocycles. The van der Waals surface area contributed by atoms with E-state index >= 15 is 0 Å².